The van der Waals surface area contributed by atoms with Gasteiger partial charge in [0, 0.05) is 26.5 Å². The van der Waals surface area contributed by atoms with Crippen LogP contribution in [-0.2, 0) is 0 Å². The lowest BCUT2D eigenvalue weighted by molar-refractivity contribution is 0.618. The summed E-state index contributed by atoms with van der Waals surface area (Å²) >= 11 is 0. The number of H-pyrrole nitrogens is 1. The van der Waals surface area contributed by atoms with E-state index in [-0.39, 0.29) is 0 Å². The van der Waals surface area contributed by atoms with Gasteiger partial charge in [0.1, 0.15) is 5.84 Å². The second-order valence-electron chi connectivity index (χ2n) is 2.47. The molecule has 0 spiro atoms. The third-order valence-corrected chi connectivity index (χ3v) is 1.40. The Morgan fingerprint density at radius 2 is 2.36 bits per heavy atom. The van der Waals surface area contributed by atoms with Crippen molar-refractivity contribution in [3.05, 3.63) is 12.4 Å². The Labute approximate surface area is 66.0 Å². The highest BCUT2D eigenvalue weighted by Crippen LogP contribution is 2.01. The fourth-order valence-corrected chi connectivity index (χ4v) is 0.571. The van der Waals surface area contributed by atoms with Crippen molar-refractivity contribution in [1.82, 2.24) is 14.9 Å². The maximum Gasteiger partial charge on any atom is 0.228 e. The van der Waals surface area contributed by atoms with E-state index in [2.05, 4.69) is 15.0 Å². The van der Waals surface area contributed by atoms with Gasteiger partial charge in [0.25, 0.3) is 0 Å². The van der Waals surface area contributed by atoms with Crippen LogP contribution in [0, 0.1) is 0 Å². The molecule has 0 bridgehead atoms. The monoisotopic (exact) mass is 152 g/mol. The predicted molar refractivity (Wildman–Crippen MR) is 45.0 cm³/mol. The number of aliphatic imine (C=N–C) groups is 1. The van der Waals surface area contributed by atoms with Crippen molar-refractivity contribution in [2.75, 3.05) is 14.1 Å². The average molecular weight is 152 g/mol. The van der Waals surface area contributed by atoms with Gasteiger partial charge < -0.3 is 9.88 Å². The van der Waals surface area contributed by atoms with Crippen molar-refractivity contribution in [2.24, 2.45) is 4.99 Å². The molecule has 0 aromatic carbocycles. The summed E-state index contributed by atoms with van der Waals surface area (Å²) in [6, 6.07) is 0. The van der Waals surface area contributed by atoms with Crippen LogP contribution in [0.15, 0.2) is 17.4 Å². The molecule has 60 valence electrons. The maximum absolute atomic E-state index is 4.19. The van der Waals surface area contributed by atoms with Gasteiger partial charge >= 0.3 is 0 Å². The van der Waals surface area contributed by atoms with E-state index in [1.807, 2.05) is 25.9 Å². The summed E-state index contributed by atoms with van der Waals surface area (Å²) in [6.45, 7) is 1.93. The van der Waals surface area contributed by atoms with Crippen LogP contribution in [0.3, 0.4) is 0 Å². The molecule has 0 amide bonds. The zero-order valence-corrected chi connectivity index (χ0v) is 7.00. The van der Waals surface area contributed by atoms with Gasteiger partial charge in [-0.2, -0.15) is 0 Å². The lowest BCUT2D eigenvalue weighted by Gasteiger charge is -2.09. The molecule has 0 aliphatic rings. The van der Waals surface area contributed by atoms with E-state index >= 15 is 0 Å². The van der Waals surface area contributed by atoms with Crippen molar-refractivity contribution < 1.29 is 0 Å². The third kappa shape index (κ3) is 2.07. The standard InChI is InChI=1S/C7H12N4/c1-6(11(2)3)10-7-8-4-5-9-7/h4-5H,1-3H3,(H,8,9)/b10-6-. The lowest BCUT2D eigenvalue weighted by atomic mass is 10.6. The summed E-state index contributed by atoms with van der Waals surface area (Å²) in [4.78, 5) is 13.0. The summed E-state index contributed by atoms with van der Waals surface area (Å²) < 4.78 is 0. The van der Waals surface area contributed by atoms with E-state index < -0.39 is 0 Å². The minimum absolute atomic E-state index is 0.649. The third-order valence-electron chi connectivity index (χ3n) is 1.40. The Bertz CT molecular complexity index is 235. The van der Waals surface area contributed by atoms with Gasteiger partial charge in [-0.1, -0.05) is 0 Å². The molecule has 0 radical (unpaired) electrons. The van der Waals surface area contributed by atoms with Gasteiger partial charge in [-0.15, -0.1) is 0 Å². The maximum atomic E-state index is 4.19. The van der Waals surface area contributed by atoms with Gasteiger partial charge in [0.2, 0.25) is 5.95 Å². The first-order chi connectivity index (χ1) is 5.20. The van der Waals surface area contributed by atoms with Crippen LogP contribution >= 0.6 is 0 Å². The summed E-state index contributed by atoms with van der Waals surface area (Å²) in [6.07, 6.45) is 3.43. The minimum atomic E-state index is 0.649. The van der Waals surface area contributed by atoms with E-state index in [1.165, 1.54) is 0 Å². The van der Waals surface area contributed by atoms with Gasteiger partial charge in [-0.25, -0.2) is 9.98 Å². The predicted octanol–water partition coefficient (Wildman–Crippen LogP) is 1.02. The largest absolute Gasteiger partial charge is 0.366 e. The normalized spacial score (nSPS) is 11.7. The Morgan fingerprint density at radius 3 is 2.82 bits per heavy atom. The highest BCUT2D eigenvalue weighted by atomic mass is 15.2. The molecule has 0 saturated heterocycles. The number of imidazole rings is 1. The number of nitrogens with zero attached hydrogens (tertiary/aromatic N) is 3. The first-order valence-electron chi connectivity index (χ1n) is 3.42. The highest BCUT2D eigenvalue weighted by Gasteiger charge is 1.94. The Kier molecular flexibility index (Phi) is 2.25. The second kappa shape index (κ2) is 3.18. The molecule has 1 rings (SSSR count). The molecule has 0 aliphatic heterocycles. The smallest absolute Gasteiger partial charge is 0.228 e. The summed E-state index contributed by atoms with van der Waals surface area (Å²) in [5.74, 6) is 1.58. The molecule has 0 aliphatic carbocycles. The SMILES string of the molecule is C/C(=N/c1ncc[nH]1)N(C)C. The van der Waals surface area contributed by atoms with Gasteiger partial charge in [0.15, 0.2) is 0 Å². The number of amidine groups is 1. The fourth-order valence-electron chi connectivity index (χ4n) is 0.571. The van der Waals surface area contributed by atoms with Crippen LogP contribution in [0.1, 0.15) is 6.92 Å². The van der Waals surface area contributed by atoms with Crippen LogP contribution in [0.5, 0.6) is 0 Å². The van der Waals surface area contributed by atoms with Crippen molar-refractivity contribution in [3.8, 4) is 0 Å². The number of rotatable bonds is 1. The van der Waals surface area contributed by atoms with E-state index in [0.29, 0.717) is 5.95 Å². The molecule has 0 saturated carbocycles. The molecule has 4 nitrogen and oxygen atoms in total. The van der Waals surface area contributed by atoms with Gasteiger partial charge in [0.05, 0.1) is 0 Å². The molecule has 0 atom stereocenters. The van der Waals surface area contributed by atoms with E-state index in [1.54, 1.807) is 12.4 Å². The molecule has 11 heavy (non-hydrogen) atoms. The molecule has 1 aromatic heterocycles. The second-order valence-corrected chi connectivity index (χ2v) is 2.47. The van der Waals surface area contributed by atoms with Crippen molar-refractivity contribution >= 4 is 11.8 Å². The summed E-state index contributed by atoms with van der Waals surface area (Å²) in [5.41, 5.74) is 0. The number of hydrogen-bond donors (Lipinski definition) is 1. The molecule has 1 heterocycles. The van der Waals surface area contributed by atoms with Crippen molar-refractivity contribution in [2.45, 2.75) is 6.92 Å². The Hall–Kier alpha value is -1.32. The van der Waals surface area contributed by atoms with Gasteiger partial charge in [-0.05, 0) is 6.92 Å². The molecule has 1 N–H and O–H groups in total. The molecule has 1 aromatic rings. The quantitative estimate of drug-likeness (QED) is 0.482. The zero-order valence-electron chi connectivity index (χ0n) is 7.00. The van der Waals surface area contributed by atoms with Crippen LogP contribution < -0.4 is 0 Å². The van der Waals surface area contributed by atoms with Crippen molar-refractivity contribution in [3.63, 3.8) is 0 Å². The number of aromatic amines is 1. The molecular weight excluding hydrogens is 140 g/mol. The topological polar surface area (TPSA) is 44.3 Å². The van der Waals surface area contributed by atoms with E-state index in [0.717, 1.165) is 5.84 Å². The molecule has 0 fully saturated rings. The highest BCUT2D eigenvalue weighted by molar-refractivity contribution is 5.81. The Morgan fingerprint density at radius 1 is 1.64 bits per heavy atom. The van der Waals surface area contributed by atoms with Crippen LogP contribution in [0.4, 0.5) is 5.95 Å². The number of aromatic nitrogens is 2. The minimum Gasteiger partial charge on any atom is -0.366 e. The summed E-state index contributed by atoms with van der Waals surface area (Å²) in [5, 5.41) is 0. The molecule has 0 unspecified atom stereocenters. The van der Waals surface area contributed by atoms with Crippen molar-refractivity contribution in [1.29, 1.82) is 0 Å². The van der Waals surface area contributed by atoms with Crippen LogP contribution in [0.25, 0.3) is 0 Å². The van der Waals surface area contributed by atoms with E-state index in [4.69, 9.17) is 0 Å². The number of hydrogen-bond acceptors (Lipinski definition) is 2. The summed E-state index contributed by atoms with van der Waals surface area (Å²) in [7, 11) is 3.89. The first kappa shape index (κ1) is 7.78. The van der Waals surface area contributed by atoms with Gasteiger partial charge in [-0.3, -0.25) is 0 Å². The van der Waals surface area contributed by atoms with Crippen LogP contribution in [-0.4, -0.2) is 34.8 Å². The van der Waals surface area contributed by atoms with Crippen LogP contribution in [0.2, 0.25) is 0 Å². The molecular formula is C7H12N4. The number of nitrogens with one attached hydrogen (secondary N) is 1. The zero-order chi connectivity index (χ0) is 8.27. The van der Waals surface area contributed by atoms with E-state index in [9.17, 15) is 0 Å². The molecule has 4 heteroatoms. The average Bonchev–Trinajstić information content (AvgIpc) is 2.39. The fraction of sp³-hybridized carbons (Fsp3) is 0.429. The Balaban J connectivity index is 2.74. The first-order valence-corrected chi connectivity index (χ1v) is 3.42. The lowest BCUT2D eigenvalue weighted by Crippen LogP contribution is -2.17.